The van der Waals surface area contributed by atoms with Crippen LogP contribution in [-0.4, -0.2) is 55.1 Å². The van der Waals surface area contributed by atoms with Crippen molar-refractivity contribution in [3.8, 4) is 5.75 Å². The third kappa shape index (κ3) is 5.24. The number of hydrogen-bond donors (Lipinski definition) is 1. The molecular formula is C17H24N4O4S2. The van der Waals surface area contributed by atoms with E-state index in [1.54, 1.807) is 6.20 Å². The SMILES string of the molecule is CCCn1ccnc1SCC(=O)Nc1cc(S(=O)(=O)N(C)C)ccc1OC. The van der Waals surface area contributed by atoms with Gasteiger partial charge in [-0.15, -0.1) is 0 Å². The molecule has 0 saturated heterocycles. The van der Waals surface area contributed by atoms with Crippen molar-refractivity contribution in [3.63, 3.8) is 0 Å². The summed E-state index contributed by atoms with van der Waals surface area (Å²) in [5.41, 5.74) is 0.308. The minimum absolute atomic E-state index is 0.0785. The largest absolute Gasteiger partial charge is 0.495 e. The highest BCUT2D eigenvalue weighted by atomic mass is 32.2. The number of benzene rings is 1. The van der Waals surface area contributed by atoms with E-state index < -0.39 is 10.0 Å². The van der Waals surface area contributed by atoms with Gasteiger partial charge in [0.15, 0.2) is 5.16 Å². The van der Waals surface area contributed by atoms with Crippen LogP contribution >= 0.6 is 11.8 Å². The van der Waals surface area contributed by atoms with Crippen LogP contribution in [0.5, 0.6) is 5.75 Å². The lowest BCUT2D eigenvalue weighted by molar-refractivity contribution is -0.113. The summed E-state index contributed by atoms with van der Waals surface area (Å²) >= 11 is 1.32. The number of imidazole rings is 1. The Morgan fingerprint density at radius 1 is 1.37 bits per heavy atom. The summed E-state index contributed by atoms with van der Waals surface area (Å²) in [5.74, 6) is 0.261. The molecule has 2 aromatic rings. The number of carbonyl (C=O) groups is 1. The Kier molecular flexibility index (Phi) is 7.28. The molecule has 148 valence electrons. The molecule has 0 radical (unpaired) electrons. The Morgan fingerprint density at radius 3 is 2.74 bits per heavy atom. The number of anilines is 1. The molecule has 0 spiro atoms. The predicted molar refractivity (Wildman–Crippen MR) is 106 cm³/mol. The quantitative estimate of drug-likeness (QED) is 0.635. The molecule has 1 aromatic heterocycles. The zero-order valence-corrected chi connectivity index (χ0v) is 17.4. The van der Waals surface area contributed by atoms with Crippen molar-refractivity contribution in [3.05, 3.63) is 30.6 Å². The summed E-state index contributed by atoms with van der Waals surface area (Å²) in [5, 5.41) is 3.49. The maximum Gasteiger partial charge on any atom is 0.242 e. The summed E-state index contributed by atoms with van der Waals surface area (Å²) in [6.07, 6.45) is 4.55. The first kappa shape index (κ1) is 21.3. The van der Waals surface area contributed by atoms with E-state index in [9.17, 15) is 13.2 Å². The van der Waals surface area contributed by atoms with Gasteiger partial charge in [-0.25, -0.2) is 17.7 Å². The number of aryl methyl sites for hydroxylation is 1. The highest BCUT2D eigenvalue weighted by Gasteiger charge is 2.20. The van der Waals surface area contributed by atoms with E-state index in [1.807, 2.05) is 10.8 Å². The lowest BCUT2D eigenvalue weighted by Gasteiger charge is -2.15. The standard InChI is InChI=1S/C17H24N4O4S2/c1-5-9-21-10-8-18-17(21)26-12-16(22)19-14-11-13(6-7-15(14)25-4)27(23,24)20(2)3/h6-8,10-11H,5,9,12H2,1-4H3,(H,19,22). The molecule has 1 heterocycles. The van der Waals surface area contributed by atoms with Gasteiger partial charge in [-0.05, 0) is 24.6 Å². The summed E-state index contributed by atoms with van der Waals surface area (Å²) in [6, 6.07) is 4.36. The zero-order valence-electron chi connectivity index (χ0n) is 15.8. The molecule has 0 aliphatic rings. The average Bonchev–Trinajstić information content (AvgIpc) is 3.07. The topological polar surface area (TPSA) is 93.5 Å². The molecule has 0 atom stereocenters. The highest BCUT2D eigenvalue weighted by Crippen LogP contribution is 2.29. The van der Waals surface area contributed by atoms with Gasteiger partial charge in [0, 0.05) is 33.0 Å². The van der Waals surface area contributed by atoms with Crippen LogP contribution in [0.15, 0.2) is 40.6 Å². The summed E-state index contributed by atoms with van der Waals surface area (Å²) in [4.78, 5) is 16.7. The van der Waals surface area contributed by atoms with E-state index >= 15 is 0 Å². The van der Waals surface area contributed by atoms with Gasteiger partial charge in [0.2, 0.25) is 15.9 Å². The van der Waals surface area contributed by atoms with Crippen molar-refractivity contribution in [1.29, 1.82) is 0 Å². The average molecular weight is 413 g/mol. The Morgan fingerprint density at radius 2 is 2.11 bits per heavy atom. The number of aromatic nitrogens is 2. The number of sulfonamides is 1. The summed E-state index contributed by atoms with van der Waals surface area (Å²) in [7, 11) is 0.750. The second-order valence-electron chi connectivity index (χ2n) is 5.89. The van der Waals surface area contributed by atoms with Crippen LogP contribution in [0.1, 0.15) is 13.3 Å². The third-order valence-corrected chi connectivity index (χ3v) is 6.51. The van der Waals surface area contributed by atoms with Crippen molar-refractivity contribution in [2.24, 2.45) is 0 Å². The first-order valence-electron chi connectivity index (χ1n) is 8.34. The molecule has 0 saturated carbocycles. The number of nitrogens with one attached hydrogen (secondary N) is 1. The van der Waals surface area contributed by atoms with E-state index in [4.69, 9.17) is 4.74 Å². The van der Waals surface area contributed by atoms with Crippen LogP contribution in [0.2, 0.25) is 0 Å². The van der Waals surface area contributed by atoms with Crippen LogP contribution in [0.3, 0.4) is 0 Å². The van der Waals surface area contributed by atoms with E-state index in [0.29, 0.717) is 11.4 Å². The fourth-order valence-electron chi connectivity index (χ4n) is 2.32. The molecule has 0 fully saturated rings. The normalized spacial score (nSPS) is 11.6. The summed E-state index contributed by atoms with van der Waals surface area (Å²) < 4.78 is 32.9. The number of hydrogen-bond acceptors (Lipinski definition) is 6. The third-order valence-electron chi connectivity index (χ3n) is 3.70. The maximum absolute atomic E-state index is 12.4. The van der Waals surface area contributed by atoms with Crippen LogP contribution in [0.4, 0.5) is 5.69 Å². The molecule has 1 N–H and O–H groups in total. The smallest absolute Gasteiger partial charge is 0.242 e. The van der Waals surface area contributed by atoms with Gasteiger partial charge in [0.25, 0.3) is 0 Å². The fraction of sp³-hybridized carbons (Fsp3) is 0.412. The molecule has 0 aliphatic heterocycles. The molecular weight excluding hydrogens is 388 g/mol. The van der Waals surface area contributed by atoms with Gasteiger partial charge < -0.3 is 14.6 Å². The van der Waals surface area contributed by atoms with Gasteiger partial charge in [-0.2, -0.15) is 0 Å². The van der Waals surface area contributed by atoms with Crippen molar-refractivity contribution in [2.75, 3.05) is 32.3 Å². The number of carbonyl (C=O) groups excluding carboxylic acids is 1. The van der Waals surface area contributed by atoms with E-state index in [2.05, 4.69) is 17.2 Å². The van der Waals surface area contributed by atoms with Gasteiger partial charge in [0.05, 0.1) is 23.4 Å². The Balaban J connectivity index is 2.13. The van der Waals surface area contributed by atoms with Gasteiger partial charge >= 0.3 is 0 Å². The molecule has 0 aliphatic carbocycles. The monoisotopic (exact) mass is 412 g/mol. The first-order valence-corrected chi connectivity index (χ1v) is 10.8. The molecule has 0 unspecified atom stereocenters. The molecule has 1 aromatic carbocycles. The lowest BCUT2D eigenvalue weighted by atomic mass is 10.3. The Bertz CT molecular complexity index is 894. The molecule has 1 amide bonds. The second kappa shape index (κ2) is 9.25. The van der Waals surface area contributed by atoms with Crippen molar-refractivity contribution in [1.82, 2.24) is 13.9 Å². The summed E-state index contributed by atoms with van der Waals surface area (Å²) in [6.45, 7) is 2.91. The van der Waals surface area contributed by atoms with Crippen LogP contribution in [-0.2, 0) is 21.4 Å². The lowest BCUT2D eigenvalue weighted by Crippen LogP contribution is -2.22. The number of ether oxygens (including phenoxy) is 1. The van der Waals surface area contributed by atoms with E-state index in [1.165, 1.54) is 51.2 Å². The Labute approximate surface area is 164 Å². The predicted octanol–water partition coefficient (Wildman–Crippen LogP) is 2.28. The highest BCUT2D eigenvalue weighted by molar-refractivity contribution is 7.99. The molecule has 2 rings (SSSR count). The molecule has 10 heteroatoms. The number of methoxy groups -OCH3 is 1. The van der Waals surface area contributed by atoms with Crippen molar-refractivity contribution < 1.29 is 17.9 Å². The minimum atomic E-state index is -3.61. The number of rotatable bonds is 9. The van der Waals surface area contributed by atoms with E-state index in [0.717, 1.165) is 22.4 Å². The Hall–Kier alpha value is -2.04. The maximum atomic E-state index is 12.4. The molecule has 27 heavy (non-hydrogen) atoms. The van der Waals surface area contributed by atoms with Crippen LogP contribution in [0, 0.1) is 0 Å². The van der Waals surface area contributed by atoms with Crippen LogP contribution < -0.4 is 10.1 Å². The molecule has 0 bridgehead atoms. The fourth-order valence-corrected chi connectivity index (χ4v) is 4.03. The number of nitrogens with zero attached hydrogens (tertiary/aromatic N) is 3. The first-order chi connectivity index (χ1) is 12.8. The van der Waals surface area contributed by atoms with Crippen molar-refractivity contribution >= 4 is 33.4 Å². The zero-order chi connectivity index (χ0) is 20.0. The number of amides is 1. The second-order valence-corrected chi connectivity index (χ2v) is 8.98. The van der Waals surface area contributed by atoms with Gasteiger partial charge in [-0.3, -0.25) is 4.79 Å². The number of thioether (sulfide) groups is 1. The minimum Gasteiger partial charge on any atom is -0.495 e. The van der Waals surface area contributed by atoms with Gasteiger partial charge in [-0.1, -0.05) is 18.7 Å². The van der Waals surface area contributed by atoms with Gasteiger partial charge in [0.1, 0.15) is 5.75 Å². The van der Waals surface area contributed by atoms with Crippen molar-refractivity contribution in [2.45, 2.75) is 29.9 Å². The van der Waals surface area contributed by atoms with E-state index in [-0.39, 0.29) is 16.6 Å². The van der Waals surface area contributed by atoms with Crippen LogP contribution in [0.25, 0.3) is 0 Å². The molecule has 8 nitrogen and oxygen atoms in total.